The third kappa shape index (κ3) is 1.27. The van der Waals surface area contributed by atoms with Gasteiger partial charge >= 0.3 is 0 Å². The van der Waals surface area contributed by atoms with Crippen LogP contribution in [-0.4, -0.2) is 16.1 Å². The highest BCUT2D eigenvalue weighted by Crippen LogP contribution is 2.43. The molecule has 78 valence electrons. The van der Waals surface area contributed by atoms with Crippen LogP contribution in [0.5, 0.6) is 0 Å². The molecule has 1 unspecified atom stereocenters. The second kappa shape index (κ2) is 3.09. The van der Waals surface area contributed by atoms with Gasteiger partial charge in [0.2, 0.25) is 0 Å². The average Bonchev–Trinajstić information content (AvgIpc) is 2.47. The van der Waals surface area contributed by atoms with Gasteiger partial charge in [0, 0.05) is 25.2 Å². The lowest BCUT2D eigenvalue weighted by Crippen LogP contribution is -2.34. The molecule has 2 rings (SSSR count). The molecule has 1 atom stereocenters. The summed E-state index contributed by atoms with van der Waals surface area (Å²) in [7, 11) is 2.07. The van der Waals surface area contributed by atoms with Crippen molar-refractivity contribution < 1.29 is 0 Å². The Morgan fingerprint density at radius 3 is 3.00 bits per heavy atom. The number of nitrogens with two attached hydrogens (primary N) is 1. The van der Waals surface area contributed by atoms with Crippen LogP contribution >= 0.6 is 0 Å². The molecular weight excluding hydrogens is 174 g/mol. The zero-order valence-electron chi connectivity index (χ0n) is 9.25. The molecule has 0 radical (unpaired) electrons. The Labute approximate surface area is 85.3 Å². The third-order valence-electron chi connectivity index (χ3n) is 3.58. The molecule has 1 aromatic rings. The van der Waals surface area contributed by atoms with Gasteiger partial charge in [0.25, 0.3) is 0 Å². The molecule has 1 aliphatic rings. The number of hydrogen-bond donors (Lipinski definition) is 1. The van der Waals surface area contributed by atoms with Crippen LogP contribution in [-0.2, 0) is 13.5 Å². The number of aryl methyl sites for hydroxylation is 2. The molecule has 1 aromatic heterocycles. The molecule has 3 nitrogen and oxygen atoms in total. The first kappa shape index (κ1) is 9.71. The molecule has 14 heavy (non-hydrogen) atoms. The van der Waals surface area contributed by atoms with Crippen LogP contribution in [0.25, 0.3) is 0 Å². The number of aromatic nitrogens is 2. The van der Waals surface area contributed by atoms with E-state index in [2.05, 4.69) is 30.4 Å². The average molecular weight is 193 g/mol. The smallest absolute Gasteiger partial charge is 0.0949 e. The summed E-state index contributed by atoms with van der Waals surface area (Å²) in [6.45, 7) is 5.33. The molecular formula is C11H19N3. The van der Waals surface area contributed by atoms with Crippen molar-refractivity contribution in [3.05, 3.63) is 17.7 Å². The Bertz CT molecular complexity index is 338. The van der Waals surface area contributed by atoms with Gasteiger partial charge in [-0.1, -0.05) is 13.8 Å². The molecule has 1 aliphatic carbocycles. The summed E-state index contributed by atoms with van der Waals surface area (Å²) in [5.74, 6) is 0.457. The summed E-state index contributed by atoms with van der Waals surface area (Å²) < 4.78 is 2.13. The van der Waals surface area contributed by atoms with Crippen molar-refractivity contribution in [3.8, 4) is 0 Å². The van der Waals surface area contributed by atoms with E-state index in [0.717, 1.165) is 13.0 Å². The van der Waals surface area contributed by atoms with E-state index in [9.17, 15) is 0 Å². The van der Waals surface area contributed by atoms with Crippen LogP contribution in [0.3, 0.4) is 0 Å². The minimum absolute atomic E-state index is 0.315. The van der Waals surface area contributed by atoms with Gasteiger partial charge in [-0.05, 0) is 18.3 Å². The Kier molecular flexibility index (Phi) is 2.14. The van der Waals surface area contributed by atoms with E-state index in [1.807, 2.05) is 6.33 Å². The fraction of sp³-hybridized carbons (Fsp3) is 0.727. The van der Waals surface area contributed by atoms with Crippen LogP contribution < -0.4 is 5.73 Å². The molecule has 0 aliphatic heterocycles. The lowest BCUT2D eigenvalue weighted by atomic mass is 9.69. The van der Waals surface area contributed by atoms with Crippen LogP contribution in [0.4, 0.5) is 0 Å². The monoisotopic (exact) mass is 193 g/mol. The lowest BCUT2D eigenvalue weighted by Gasteiger charge is -2.38. The standard InChI is InChI=1S/C11H19N3/c1-11(2)5-4-9-10(8(11)6-12)14(3)7-13-9/h7-8H,4-6,12H2,1-3H3. The van der Waals surface area contributed by atoms with E-state index in [0.29, 0.717) is 11.3 Å². The topological polar surface area (TPSA) is 43.8 Å². The predicted molar refractivity (Wildman–Crippen MR) is 57.1 cm³/mol. The Hall–Kier alpha value is -0.830. The molecule has 0 saturated heterocycles. The van der Waals surface area contributed by atoms with Crippen LogP contribution in [0.1, 0.15) is 37.6 Å². The van der Waals surface area contributed by atoms with Crippen molar-refractivity contribution in [1.82, 2.24) is 9.55 Å². The van der Waals surface area contributed by atoms with Crippen molar-refractivity contribution in [2.75, 3.05) is 6.54 Å². The van der Waals surface area contributed by atoms with Gasteiger partial charge in [-0.3, -0.25) is 0 Å². The van der Waals surface area contributed by atoms with E-state index < -0.39 is 0 Å². The van der Waals surface area contributed by atoms with Gasteiger partial charge in [-0.2, -0.15) is 0 Å². The van der Waals surface area contributed by atoms with E-state index in [-0.39, 0.29) is 0 Å². The quantitative estimate of drug-likeness (QED) is 0.733. The summed E-state index contributed by atoms with van der Waals surface area (Å²) in [4.78, 5) is 4.43. The van der Waals surface area contributed by atoms with E-state index in [4.69, 9.17) is 5.73 Å². The van der Waals surface area contributed by atoms with Gasteiger partial charge in [0.05, 0.1) is 12.0 Å². The van der Waals surface area contributed by atoms with Gasteiger partial charge in [0.15, 0.2) is 0 Å². The Morgan fingerprint density at radius 1 is 1.64 bits per heavy atom. The number of rotatable bonds is 1. The maximum absolute atomic E-state index is 5.88. The van der Waals surface area contributed by atoms with E-state index >= 15 is 0 Å². The summed E-state index contributed by atoms with van der Waals surface area (Å²) >= 11 is 0. The first-order valence-corrected chi connectivity index (χ1v) is 5.26. The summed E-state index contributed by atoms with van der Waals surface area (Å²) in [5.41, 5.74) is 8.80. The maximum Gasteiger partial charge on any atom is 0.0949 e. The number of hydrogen-bond acceptors (Lipinski definition) is 2. The summed E-state index contributed by atoms with van der Waals surface area (Å²) in [6.07, 6.45) is 4.20. The van der Waals surface area contributed by atoms with E-state index in [1.165, 1.54) is 17.8 Å². The van der Waals surface area contributed by atoms with Crippen LogP contribution in [0, 0.1) is 5.41 Å². The van der Waals surface area contributed by atoms with E-state index in [1.54, 1.807) is 0 Å². The van der Waals surface area contributed by atoms with Gasteiger partial charge in [-0.25, -0.2) is 4.98 Å². The highest BCUT2D eigenvalue weighted by molar-refractivity contribution is 5.24. The van der Waals surface area contributed by atoms with Crippen molar-refractivity contribution >= 4 is 0 Å². The third-order valence-corrected chi connectivity index (χ3v) is 3.58. The first-order valence-electron chi connectivity index (χ1n) is 5.26. The largest absolute Gasteiger partial charge is 0.337 e. The fourth-order valence-corrected chi connectivity index (χ4v) is 2.54. The second-order valence-corrected chi connectivity index (χ2v) is 4.96. The molecule has 0 aromatic carbocycles. The molecule has 1 heterocycles. The molecule has 0 saturated carbocycles. The highest BCUT2D eigenvalue weighted by Gasteiger charge is 2.37. The second-order valence-electron chi connectivity index (χ2n) is 4.96. The zero-order valence-corrected chi connectivity index (χ0v) is 9.25. The van der Waals surface area contributed by atoms with Crippen LogP contribution in [0.2, 0.25) is 0 Å². The highest BCUT2D eigenvalue weighted by atomic mass is 15.0. The number of fused-ring (bicyclic) bond motifs is 1. The molecule has 0 bridgehead atoms. The van der Waals surface area contributed by atoms with Crippen molar-refractivity contribution in [2.45, 2.75) is 32.6 Å². The van der Waals surface area contributed by atoms with Crippen molar-refractivity contribution in [1.29, 1.82) is 0 Å². The molecule has 3 heteroatoms. The molecule has 0 fully saturated rings. The van der Waals surface area contributed by atoms with Gasteiger partial charge in [0.1, 0.15) is 0 Å². The predicted octanol–water partition coefficient (Wildman–Crippen LogP) is 1.43. The van der Waals surface area contributed by atoms with Crippen LogP contribution in [0.15, 0.2) is 6.33 Å². The molecule has 0 spiro atoms. The van der Waals surface area contributed by atoms with Gasteiger partial charge < -0.3 is 10.3 Å². The normalized spacial score (nSPS) is 24.7. The van der Waals surface area contributed by atoms with Crippen molar-refractivity contribution in [2.24, 2.45) is 18.2 Å². The molecule has 0 amide bonds. The minimum atomic E-state index is 0.315. The maximum atomic E-state index is 5.88. The lowest BCUT2D eigenvalue weighted by molar-refractivity contribution is 0.240. The SMILES string of the molecule is Cn1cnc2c1C(CN)C(C)(C)CC2. The summed E-state index contributed by atoms with van der Waals surface area (Å²) in [6, 6.07) is 0. The number of imidazole rings is 1. The van der Waals surface area contributed by atoms with Gasteiger partial charge in [-0.15, -0.1) is 0 Å². The fourth-order valence-electron chi connectivity index (χ4n) is 2.54. The molecule has 2 N–H and O–H groups in total. The number of nitrogens with zero attached hydrogens (tertiary/aromatic N) is 2. The summed E-state index contributed by atoms with van der Waals surface area (Å²) in [5, 5.41) is 0. The Morgan fingerprint density at radius 2 is 2.36 bits per heavy atom. The first-order chi connectivity index (χ1) is 6.56. The van der Waals surface area contributed by atoms with Crippen molar-refractivity contribution in [3.63, 3.8) is 0 Å². The zero-order chi connectivity index (χ0) is 10.3. The Balaban J connectivity index is 2.48. The minimum Gasteiger partial charge on any atom is -0.337 e.